The summed E-state index contributed by atoms with van der Waals surface area (Å²) in [7, 11) is 0. The van der Waals surface area contributed by atoms with Crippen LogP contribution in [0.3, 0.4) is 0 Å². The second-order valence-corrected chi connectivity index (χ2v) is 8.46. The van der Waals surface area contributed by atoms with Gasteiger partial charge in [-0.3, -0.25) is 4.39 Å². The van der Waals surface area contributed by atoms with Gasteiger partial charge in [0, 0.05) is 54.6 Å². The number of β-amino-alcohol motifs (C(OH)–C–C–N with tert-alkyl or cyclic N) is 1. The van der Waals surface area contributed by atoms with Gasteiger partial charge in [0.15, 0.2) is 5.65 Å². The zero-order valence-electron chi connectivity index (χ0n) is 18.9. The third kappa shape index (κ3) is 4.92. The summed E-state index contributed by atoms with van der Waals surface area (Å²) in [6.45, 7) is -1.60. The van der Waals surface area contributed by atoms with Crippen LogP contribution in [0.2, 0.25) is 0 Å². The van der Waals surface area contributed by atoms with Gasteiger partial charge in [0.25, 0.3) is 0 Å². The van der Waals surface area contributed by atoms with Gasteiger partial charge in [-0.1, -0.05) is 0 Å². The molecule has 0 radical (unpaired) electrons. The Bertz CT molecular complexity index is 1310. The first kappa shape index (κ1) is 23.1. The zero-order chi connectivity index (χ0) is 24.4. The van der Waals surface area contributed by atoms with Gasteiger partial charge >= 0.3 is 6.55 Å². The summed E-state index contributed by atoms with van der Waals surface area (Å²) < 4.78 is 41.1. The van der Waals surface area contributed by atoms with E-state index in [0.29, 0.717) is 65.6 Å². The number of nitrogens with zero attached hydrogens (tertiary/aromatic N) is 7. The molecule has 0 aliphatic carbocycles. The number of hydrogen-bond acceptors (Lipinski definition) is 7. The van der Waals surface area contributed by atoms with Crippen molar-refractivity contribution < 1.29 is 18.3 Å². The van der Waals surface area contributed by atoms with Crippen molar-refractivity contribution >= 4 is 28.4 Å². The van der Waals surface area contributed by atoms with Crippen molar-refractivity contribution in [2.75, 3.05) is 30.0 Å². The van der Waals surface area contributed by atoms with E-state index in [9.17, 15) is 18.3 Å². The van der Waals surface area contributed by atoms with E-state index in [0.717, 1.165) is 17.5 Å². The average molecular weight is 487 g/mol. The molecule has 35 heavy (non-hydrogen) atoms. The normalized spacial score (nSPS) is 16.4. The number of aryl methyl sites for hydroxylation is 1. The standard InChI is InChI=1S/C23H25F3N8O/c24-6-2-8-33-22-15(10-28-33)4-5-20(31-22)30-21-9-19(32-7-1-3-17(35)14-32)18(12-27-21)16-11-29-34(13-16)23(25)26/h4-5,9-13,17,23,35H,1-3,6-8,14H2,(H,27,30,31)/t17-/m0/s1. The fourth-order valence-corrected chi connectivity index (χ4v) is 4.28. The van der Waals surface area contributed by atoms with Crippen molar-refractivity contribution in [1.82, 2.24) is 29.5 Å². The summed E-state index contributed by atoms with van der Waals surface area (Å²) in [4.78, 5) is 11.1. The van der Waals surface area contributed by atoms with Crippen LogP contribution in [0.1, 0.15) is 25.8 Å². The minimum absolute atomic E-state index is 0.353. The molecular weight excluding hydrogens is 461 g/mol. The molecule has 0 amide bonds. The molecule has 1 aliphatic heterocycles. The minimum Gasteiger partial charge on any atom is -0.391 e. The number of aromatic nitrogens is 6. The van der Waals surface area contributed by atoms with Gasteiger partial charge in [-0.2, -0.15) is 19.0 Å². The number of pyridine rings is 2. The fourth-order valence-electron chi connectivity index (χ4n) is 4.28. The Balaban J connectivity index is 1.48. The maximum atomic E-state index is 13.1. The van der Waals surface area contributed by atoms with Crippen LogP contribution in [0.15, 0.2) is 43.0 Å². The van der Waals surface area contributed by atoms with E-state index in [1.807, 2.05) is 17.0 Å². The lowest BCUT2D eigenvalue weighted by molar-refractivity contribution is 0.0566. The molecule has 4 aromatic heterocycles. The van der Waals surface area contributed by atoms with Gasteiger partial charge < -0.3 is 15.3 Å². The van der Waals surface area contributed by atoms with Gasteiger partial charge in [0.05, 0.1) is 30.9 Å². The van der Waals surface area contributed by atoms with Crippen LogP contribution < -0.4 is 10.2 Å². The van der Waals surface area contributed by atoms with E-state index < -0.39 is 19.3 Å². The predicted molar refractivity (Wildman–Crippen MR) is 126 cm³/mol. The van der Waals surface area contributed by atoms with E-state index >= 15 is 0 Å². The molecular formula is C23H25F3N8O. The summed E-state index contributed by atoms with van der Waals surface area (Å²) in [6, 6.07) is 5.49. The molecule has 5 heterocycles. The van der Waals surface area contributed by atoms with Crippen LogP contribution in [0.25, 0.3) is 22.2 Å². The molecule has 1 saturated heterocycles. The third-order valence-electron chi connectivity index (χ3n) is 5.98. The molecule has 1 atom stereocenters. The molecule has 1 fully saturated rings. The maximum Gasteiger partial charge on any atom is 0.333 e. The highest BCUT2D eigenvalue weighted by molar-refractivity contribution is 5.81. The van der Waals surface area contributed by atoms with Gasteiger partial charge in [-0.05, 0) is 31.4 Å². The third-order valence-corrected chi connectivity index (χ3v) is 5.98. The van der Waals surface area contributed by atoms with Crippen LogP contribution >= 0.6 is 0 Å². The van der Waals surface area contributed by atoms with Crippen LogP contribution in [0.4, 0.5) is 30.5 Å². The van der Waals surface area contributed by atoms with E-state index in [1.165, 1.54) is 12.4 Å². The molecule has 0 aromatic carbocycles. The number of nitrogens with one attached hydrogen (secondary N) is 1. The number of fused-ring (bicyclic) bond motifs is 1. The smallest absolute Gasteiger partial charge is 0.333 e. The molecule has 0 bridgehead atoms. The largest absolute Gasteiger partial charge is 0.391 e. The van der Waals surface area contributed by atoms with Gasteiger partial charge in [-0.25, -0.2) is 19.3 Å². The first-order chi connectivity index (χ1) is 17.0. The molecule has 0 spiro atoms. The topological polar surface area (TPSA) is 96.9 Å². The Labute approximate surface area is 199 Å². The van der Waals surface area contributed by atoms with Crippen LogP contribution in [-0.2, 0) is 6.54 Å². The first-order valence-electron chi connectivity index (χ1n) is 11.4. The van der Waals surface area contributed by atoms with E-state index in [-0.39, 0.29) is 0 Å². The lowest BCUT2D eigenvalue weighted by atomic mass is 10.0. The first-order valence-corrected chi connectivity index (χ1v) is 11.4. The Kier molecular flexibility index (Phi) is 6.53. The van der Waals surface area contributed by atoms with Crippen LogP contribution in [0, 0.1) is 0 Å². The molecule has 0 unspecified atom stereocenters. The summed E-state index contributed by atoms with van der Waals surface area (Å²) in [6.07, 6.45) is 7.37. The molecule has 12 heteroatoms. The summed E-state index contributed by atoms with van der Waals surface area (Å²) >= 11 is 0. The predicted octanol–water partition coefficient (Wildman–Crippen LogP) is 4.15. The Morgan fingerprint density at radius 2 is 2.03 bits per heavy atom. The number of rotatable bonds is 8. The van der Waals surface area contributed by atoms with Crippen LogP contribution in [0.5, 0.6) is 0 Å². The highest BCUT2D eigenvalue weighted by Gasteiger charge is 2.23. The number of hydrogen-bond donors (Lipinski definition) is 2. The van der Waals surface area contributed by atoms with Crippen molar-refractivity contribution in [3.8, 4) is 11.1 Å². The lowest BCUT2D eigenvalue weighted by Crippen LogP contribution is -2.38. The van der Waals surface area contributed by atoms with Crippen molar-refractivity contribution in [3.05, 3.63) is 43.0 Å². The van der Waals surface area contributed by atoms with Gasteiger partial charge in [-0.15, -0.1) is 0 Å². The second-order valence-electron chi connectivity index (χ2n) is 8.46. The molecule has 5 rings (SSSR count). The SMILES string of the molecule is O[C@H]1CCCN(c2cc(Nc3ccc4cnn(CCCF)c4n3)ncc2-c2cnn(C(F)F)c2)C1. The molecule has 184 valence electrons. The Hall–Kier alpha value is -3.67. The van der Waals surface area contributed by atoms with Gasteiger partial charge in [0.1, 0.15) is 11.6 Å². The second kappa shape index (κ2) is 9.90. The summed E-state index contributed by atoms with van der Waals surface area (Å²) in [5.41, 5.74) is 2.54. The number of halogens is 3. The number of anilines is 3. The van der Waals surface area contributed by atoms with Gasteiger partial charge in [0.2, 0.25) is 0 Å². The monoisotopic (exact) mass is 486 g/mol. The van der Waals surface area contributed by atoms with Crippen molar-refractivity contribution in [2.24, 2.45) is 0 Å². The van der Waals surface area contributed by atoms with Crippen molar-refractivity contribution in [2.45, 2.75) is 38.5 Å². The molecule has 4 aromatic rings. The van der Waals surface area contributed by atoms with E-state index in [4.69, 9.17) is 0 Å². The lowest BCUT2D eigenvalue weighted by Gasteiger charge is -2.33. The average Bonchev–Trinajstić information content (AvgIpc) is 3.50. The highest BCUT2D eigenvalue weighted by atomic mass is 19.3. The Morgan fingerprint density at radius 3 is 2.80 bits per heavy atom. The quantitative estimate of drug-likeness (QED) is 0.386. The van der Waals surface area contributed by atoms with E-state index in [1.54, 1.807) is 23.1 Å². The minimum atomic E-state index is -2.74. The number of aliphatic hydroxyl groups excluding tert-OH is 1. The summed E-state index contributed by atoms with van der Waals surface area (Å²) in [5.74, 6) is 1.04. The molecule has 2 N–H and O–H groups in total. The van der Waals surface area contributed by atoms with Crippen LogP contribution in [-0.4, -0.2) is 60.5 Å². The number of alkyl halides is 3. The Morgan fingerprint density at radius 1 is 1.14 bits per heavy atom. The molecule has 0 saturated carbocycles. The number of piperidine rings is 1. The van der Waals surface area contributed by atoms with Crippen molar-refractivity contribution in [1.29, 1.82) is 0 Å². The number of aliphatic hydroxyl groups is 1. The van der Waals surface area contributed by atoms with Crippen molar-refractivity contribution in [3.63, 3.8) is 0 Å². The molecule has 1 aliphatic rings. The zero-order valence-corrected chi connectivity index (χ0v) is 18.9. The maximum absolute atomic E-state index is 13.1. The molecule has 9 nitrogen and oxygen atoms in total. The highest BCUT2D eigenvalue weighted by Crippen LogP contribution is 2.35. The van der Waals surface area contributed by atoms with E-state index in [2.05, 4.69) is 25.5 Å². The summed E-state index contributed by atoms with van der Waals surface area (Å²) in [5, 5.41) is 22.3. The fraction of sp³-hybridized carbons (Fsp3) is 0.391.